The zero-order valence-corrected chi connectivity index (χ0v) is 25.9. The molecule has 0 fully saturated rings. The van der Waals surface area contributed by atoms with Crippen LogP contribution in [0.4, 0.5) is 10.5 Å². The molecule has 0 heterocycles. The molecule has 41 heavy (non-hydrogen) atoms. The third kappa shape index (κ3) is 11.1. The van der Waals surface area contributed by atoms with Gasteiger partial charge in [-0.25, -0.2) is 4.79 Å². The SMILES string of the molecule is CCCCCCCN(C(=O)C(NC(=O)OC(C)(C)C)C(C)CC)C(C(=O)Nc1ccc(OC)cc1)c1ccccc1. The lowest BCUT2D eigenvalue weighted by Gasteiger charge is -2.36. The van der Waals surface area contributed by atoms with Crippen molar-refractivity contribution in [3.63, 3.8) is 0 Å². The zero-order chi connectivity index (χ0) is 30.4. The third-order valence-corrected chi connectivity index (χ3v) is 6.97. The van der Waals surface area contributed by atoms with Crippen LogP contribution >= 0.6 is 0 Å². The van der Waals surface area contributed by atoms with E-state index < -0.39 is 23.8 Å². The van der Waals surface area contributed by atoms with Gasteiger partial charge in [0.15, 0.2) is 0 Å². The summed E-state index contributed by atoms with van der Waals surface area (Å²) in [5.41, 5.74) is 0.578. The number of carbonyl (C=O) groups is 3. The first-order valence-electron chi connectivity index (χ1n) is 14.8. The number of methoxy groups -OCH3 is 1. The molecule has 2 rings (SSSR count). The standard InChI is InChI=1S/C33H49N3O5/c1-8-10-11-12-16-23-36(31(38)28(24(3)9-2)35-32(39)41-33(4,5)6)29(25-17-14-13-15-18-25)30(37)34-26-19-21-27(40-7)22-20-26/h13-15,17-22,24,28-29H,8-12,16,23H2,1-7H3,(H,34,37)(H,35,39). The summed E-state index contributed by atoms with van der Waals surface area (Å²) in [5, 5.41) is 5.82. The second-order valence-corrected chi connectivity index (χ2v) is 11.5. The molecule has 3 amide bonds. The number of alkyl carbamates (subject to hydrolysis) is 1. The van der Waals surface area contributed by atoms with Gasteiger partial charge in [-0.3, -0.25) is 9.59 Å². The fourth-order valence-electron chi connectivity index (χ4n) is 4.54. The summed E-state index contributed by atoms with van der Waals surface area (Å²) in [7, 11) is 1.59. The Kier molecular flexibility index (Phi) is 13.7. The fourth-order valence-corrected chi connectivity index (χ4v) is 4.54. The van der Waals surface area contributed by atoms with Crippen molar-refractivity contribution in [1.29, 1.82) is 0 Å². The molecular weight excluding hydrogens is 518 g/mol. The maximum atomic E-state index is 14.4. The minimum Gasteiger partial charge on any atom is -0.497 e. The van der Waals surface area contributed by atoms with Crippen molar-refractivity contribution in [1.82, 2.24) is 10.2 Å². The van der Waals surface area contributed by atoms with Crippen LogP contribution in [0.3, 0.4) is 0 Å². The van der Waals surface area contributed by atoms with E-state index in [4.69, 9.17) is 9.47 Å². The minimum absolute atomic E-state index is 0.182. The van der Waals surface area contributed by atoms with Gasteiger partial charge in [-0.05, 0) is 62.9 Å². The second-order valence-electron chi connectivity index (χ2n) is 11.5. The Balaban J connectivity index is 2.48. The number of nitrogens with one attached hydrogen (secondary N) is 2. The molecule has 0 saturated carbocycles. The molecule has 0 bridgehead atoms. The van der Waals surface area contributed by atoms with Crippen molar-refractivity contribution in [3.8, 4) is 5.75 Å². The van der Waals surface area contributed by atoms with E-state index in [1.807, 2.05) is 44.2 Å². The average Bonchev–Trinajstić information content (AvgIpc) is 2.94. The number of hydrogen-bond acceptors (Lipinski definition) is 5. The first kappa shape index (κ1) is 33.7. The highest BCUT2D eigenvalue weighted by Gasteiger charge is 2.38. The summed E-state index contributed by atoms with van der Waals surface area (Å²) in [6.07, 6.45) is 4.96. The molecule has 8 nitrogen and oxygen atoms in total. The Hall–Kier alpha value is -3.55. The first-order valence-corrected chi connectivity index (χ1v) is 14.8. The summed E-state index contributed by atoms with van der Waals surface area (Å²) in [6.45, 7) is 11.8. The normalized spacial score (nSPS) is 13.4. The molecule has 2 aromatic carbocycles. The van der Waals surface area contributed by atoms with Crippen molar-refractivity contribution >= 4 is 23.6 Å². The lowest BCUT2D eigenvalue weighted by atomic mass is 9.95. The lowest BCUT2D eigenvalue weighted by Crippen LogP contribution is -2.55. The van der Waals surface area contributed by atoms with Crippen molar-refractivity contribution in [2.24, 2.45) is 5.92 Å². The third-order valence-electron chi connectivity index (χ3n) is 6.97. The van der Waals surface area contributed by atoms with Crippen molar-refractivity contribution in [3.05, 3.63) is 60.2 Å². The number of amides is 3. The number of benzene rings is 2. The van der Waals surface area contributed by atoms with Crippen LogP contribution in [0, 0.1) is 5.92 Å². The number of anilines is 1. The van der Waals surface area contributed by atoms with Gasteiger partial charge >= 0.3 is 6.09 Å². The number of rotatable bonds is 15. The van der Waals surface area contributed by atoms with Crippen LogP contribution in [0.1, 0.15) is 91.7 Å². The minimum atomic E-state index is -0.899. The Labute approximate surface area is 246 Å². The van der Waals surface area contributed by atoms with Gasteiger partial charge in [-0.2, -0.15) is 0 Å². The van der Waals surface area contributed by atoms with Crippen LogP contribution < -0.4 is 15.4 Å². The Bertz CT molecular complexity index is 1080. The number of hydrogen-bond donors (Lipinski definition) is 2. The quantitative estimate of drug-likeness (QED) is 0.224. The van der Waals surface area contributed by atoms with Gasteiger partial charge in [0.2, 0.25) is 5.91 Å². The van der Waals surface area contributed by atoms with Crippen LogP contribution in [0.15, 0.2) is 54.6 Å². The molecule has 3 atom stereocenters. The molecule has 0 aliphatic rings. The predicted octanol–water partition coefficient (Wildman–Crippen LogP) is 7.11. The monoisotopic (exact) mass is 567 g/mol. The maximum absolute atomic E-state index is 14.4. The molecule has 3 unspecified atom stereocenters. The van der Waals surface area contributed by atoms with Gasteiger partial charge in [-0.1, -0.05) is 83.2 Å². The van der Waals surface area contributed by atoms with E-state index in [1.54, 1.807) is 57.0 Å². The molecule has 2 aromatic rings. The summed E-state index contributed by atoms with van der Waals surface area (Å²) >= 11 is 0. The van der Waals surface area contributed by atoms with E-state index in [1.165, 1.54) is 0 Å². The summed E-state index contributed by atoms with van der Waals surface area (Å²) in [5.74, 6) is -0.141. The van der Waals surface area contributed by atoms with Crippen molar-refractivity contribution < 1.29 is 23.9 Å². The smallest absolute Gasteiger partial charge is 0.408 e. The van der Waals surface area contributed by atoms with Gasteiger partial charge in [0, 0.05) is 12.2 Å². The van der Waals surface area contributed by atoms with Crippen molar-refractivity contribution in [2.45, 2.75) is 97.8 Å². The highest BCUT2D eigenvalue weighted by molar-refractivity contribution is 5.99. The molecule has 0 spiro atoms. The lowest BCUT2D eigenvalue weighted by molar-refractivity contribution is -0.142. The average molecular weight is 568 g/mol. The van der Waals surface area contributed by atoms with E-state index in [0.717, 1.165) is 32.1 Å². The van der Waals surface area contributed by atoms with E-state index in [9.17, 15) is 14.4 Å². The van der Waals surface area contributed by atoms with Gasteiger partial charge in [-0.15, -0.1) is 0 Å². The zero-order valence-electron chi connectivity index (χ0n) is 25.9. The first-order chi connectivity index (χ1) is 19.5. The Morgan fingerprint density at radius 1 is 0.902 bits per heavy atom. The topological polar surface area (TPSA) is 97.0 Å². The van der Waals surface area contributed by atoms with Crippen molar-refractivity contribution in [2.75, 3.05) is 19.0 Å². The largest absolute Gasteiger partial charge is 0.497 e. The van der Waals surface area contributed by atoms with E-state index in [-0.39, 0.29) is 17.7 Å². The highest BCUT2D eigenvalue weighted by Crippen LogP contribution is 2.27. The van der Waals surface area contributed by atoms with E-state index in [2.05, 4.69) is 17.6 Å². The van der Waals surface area contributed by atoms with Crippen LogP contribution in [0.5, 0.6) is 5.75 Å². The van der Waals surface area contributed by atoms with Gasteiger partial charge in [0.25, 0.3) is 5.91 Å². The van der Waals surface area contributed by atoms with Gasteiger partial charge in [0.05, 0.1) is 7.11 Å². The van der Waals surface area contributed by atoms with E-state index >= 15 is 0 Å². The number of unbranched alkanes of at least 4 members (excludes halogenated alkanes) is 4. The molecule has 0 aliphatic carbocycles. The number of ether oxygens (including phenoxy) is 2. The van der Waals surface area contributed by atoms with E-state index in [0.29, 0.717) is 30.0 Å². The molecule has 0 aliphatic heterocycles. The van der Waals surface area contributed by atoms with Crippen LogP contribution in [-0.4, -0.2) is 48.1 Å². The number of nitrogens with zero attached hydrogens (tertiary/aromatic N) is 1. The molecule has 2 N–H and O–H groups in total. The molecule has 0 radical (unpaired) electrons. The molecule has 8 heteroatoms. The van der Waals surface area contributed by atoms with Gasteiger partial charge in [0.1, 0.15) is 23.4 Å². The summed E-state index contributed by atoms with van der Waals surface area (Å²) in [4.78, 5) is 42.8. The highest BCUT2D eigenvalue weighted by atomic mass is 16.6. The molecule has 0 saturated heterocycles. The molecule has 0 aromatic heterocycles. The maximum Gasteiger partial charge on any atom is 0.408 e. The Morgan fingerprint density at radius 2 is 1.54 bits per heavy atom. The molecular formula is C33H49N3O5. The van der Waals surface area contributed by atoms with Crippen LogP contribution in [0.2, 0.25) is 0 Å². The van der Waals surface area contributed by atoms with Crippen LogP contribution in [-0.2, 0) is 14.3 Å². The summed E-state index contributed by atoms with van der Waals surface area (Å²) < 4.78 is 10.7. The molecule has 226 valence electrons. The fraction of sp³-hybridized carbons (Fsp3) is 0.545. The summed E-state index contributed by atoms with van der Waals surface area (Å²) in [6, 6.07) is 14.6. The van der Waals surface area contributed by atoms with Gasteiger partial charge < -0.3 is 25.0 Å². The van der Waals surface area contributed by atoms with Crippen LogP contribution in [0.25, 0.3) is 0 Å². The second kappa shape index (κ2) is 16.7. The Morgan fingerprint density at radius 3 is 2.10 bits per heavy atom. The number of carbonyl (C=O) groups excluding carboxylic acids is 3. The predicted molar refractivity (Wildman–Crippen MR) is 164 cm³/mol.